The molecule has 1 unspecified atom stereocenters. The topological polar surface area (TPSA) is 59.8 Å². The van der Waals surface area contributed by atoms with Crippen LogP contribution in [0.25, 0.3) is 22.6 Å². The van der Waals surface area contributed by atoms with Gasteiger partial charge in [0.15, 0.2) is 5.82 Å². The number of carbonyl (C=O) groups is 1. The van der Waals surface area contributed by atoms with Gasteiger partial charge in [0.2, 0.25) is 5.91 Å². The lowest BCUT2D eigenvalue weighted by Gasteiger charge is -2.18. The number of amides is 1. The van der Waals surface area contributed by atoms with Crippen molar-refractivity contribution in [3.8, 4) is 11.5 Å². The van der Waals surface area contributed by atoms with Crippen LogP contribution in [-0.4, -0.2) is 20.4 Å². The lowest BCUT2D eigenvalue weighted by molar-refractivity contribution is -0.122. The van der Waals surface area contributed by atoms with Gasteiger partial charge in [0.05, 0.1) is 22.6 Å². The average Bonchev–Trinajstić information content (AvgIpc) is 3.35. The minimum absolute atomic E-state index is 0.0295. The largest absolute Gasteiger partial charge is 0.348 e. The number of benzene rings is 2. The Kier molecular flexibility index (Phi) is 5.54. The standard InChI is InChI=1S/C21H19BrN4OS/c1-2-16(14-7-9-15(22)10-8-14)24-20(27)11-26-19-6-4-3-5-17(19)25-21(26)18-12-28-13-23-18/h3-10,12-13,16H,2,11H2,1H3,(H,24,27). The number of nitrogens with zero attached hydrogens (tertiary/aromatic N) is 3. The molecule has 1 amide bonds. The van der Waals surface area contributed by atoms with E-state index in [1.54, 1.807) is 5.51 Å². The maximum Gasteiger partial charge on any atom is 0.240 e. The summed E-state index contributed by atoms with van der Waals surface area (Å²) >= 11 is 4.97. The summed E-state index contributed by atoms with van der Waals surface area (Å²) in [7, 11) is 0. The van der Waals surface area contributed by atoms with Crippen molar-refractivity contribution in [2.75, 3.05) is 0 Å². The van der Waals surface area contributed by atoms with Crippen LogP contribution in [0.15, 0.2) is 63.9 Å². The minimum atomic E-state index is -0.0469. The lowest BCUT2D eigenvalue weighted by atomic mass is 10.0. The van der Waals surface area contributed by atoms with E-state index in [1.807, 2.05) is 58.5 Å². The number of hydrogen-bond acceptors (Lipinski definition) is 4. The van der Waals surface area contributed by atoms with Crippen molar-refractivity contribution in [2.24, 2.45) is 0 Å². The lowest BCUT2D eigenvalue weighted by Crippen LogP contribution is -2.31. The molecule has 2 aromatic carbocycles. The first-order valence-corrected chi connectivity index (χ1v) is 10.8. The molecule has 1 atom stereocenters. The molecular formula is C21H19BrN4OS. The van der Waals surface area contributed by atoms with Crippen molar-refractivity contribution in [2.45, 2.75) is 25.9 Å². The van der Waals surface area contributed by atoms with Crippen molar-refractivity contribution >= 4 is 44.2 Å². The van der Waals surface area contributed by atoms with E-state index in [9.17, 15) is 4.79 Å². The zero-order valence-corrected chi connectivity index (χ0v) is 17.7. The van der Waals surface area contributed by atoms with Crippen molar-refractivity contribution in [1.82, 2.24) is 19.9 Å². The summed E-state index contributed by atoms with van der Waals surface area (Å²) < 4.78 is 2.96. The number of para-hydroxylation sites is 2. The SMILES string of the molecule is CCC(NC(=O)Cn1c(-c2cscn2)nc2ccccc21)c1ccc(Br)cc1. The number of rotatable bonds is 6. The normalized spacial score (nSPS) is 12.2. The molecule has 0 aliphatic carbocycles. The van der Waals surface area contributed by atoms with Gasteiger partial charge in [0.25, 0.3) is 0 Å². The van der Waals surface area contributed by atoms with Crippen molar-refractivity contribution in [3.63, 3.8) is 0 Å². The summed E-state index contributed by atoms with van der Waals surface area (Å²) in [5.74, 6) is 0.670. The Morgan fingerprint density at radius 2 is 2.00 bits per heavy atom. The van der Waals surface area contributed by atoms with E-state index in [1.165, 1.54) is 11.3 Å². The van der Waals surface area contributed by atoms with Gasteiger partial charge in [0.1, 0.15) is 12.2 Å². The monoisotopic (exact) mass is 454 g/mol. The Hall–Kier alpha value is -2.51. The summed E-state index contributed by atoms with van der Waals surface area (Å²) in [4.78, 5) is 22.0. The second kappa shape index (κ2) is 8.24. The summed E-state index contributed by atoms with van der Waals surface area (Å²) in [5.41, 5.74) is 5.44. The predicted molar refractivity (Wildman–Crippen MR) is 116 cm³/mol. The molecule has 142 valence electrons. The fourth-order valence-corrected chi connectivity index (χ4v) is 4.05. The van der Waals surface area contributed by atoms with E-state index < -0.39 is 0 Å². The second-order valence-electron chi connectivity index (χ2n) is 6.46. The van der Waals surface area contributed by atoms with Crippen LogP contribution in [0.3, 0.4) is 0 Å². The van der Waals surface area contributed by atoms with Gasteiger partial charge < -0.3 is 9.88 Å². The molecule has 4 rings (SSSR count). The molecule has 0 aliphatic heterocycles. The number of fused-ring (bicyclic) bond motifs is 1. The van der Waals surface area contributed by atoms with Gasteiger partial charge in [-0.1, -0.05) is 47.1 Å². The molecule has 0 saturated heterocycles. The third-order valence-electron chi connectivity index (χ3n) is 4.63. The zero-order valence-electron chi connectivity index (χ0n) is 15.3. The molecule has 0 saturated carbocycles. The molecule has 0 fully saturated rings. The molecule has 1 N–H and O–H groups in total. The Labute approximate surface area is 175 Å². The molecule has 0 bridgehead atoms. The summed E-state index contributed by atoms with van der Waals surface area (Å²) in [6.45, 7) is 2.26. The highest BCUT2D eigenvalue weighted by molar-refractivity contribution is 9.10. The molecule has 0 spiro atoms. The van der Waals surface area contributed by atoms with Crippen molar-refractivity contribution in [1.29, 1.82) is 0 Å². The Bertz CT molecular complexity index is 1090. The highest BCUT2D eigenvalue weighted by Crippen LogP contribution is 2.25. The molecular weight excluding hydrogens is 436 g/mol. The third kappa shape index (κ3) is 3.86. The van der Waals surface area contributed by atoms with E-state index in [0.717, 1.165) is 33.2 Å². The van der Waals surface area contributed by atoms with Gasteiger partial charge in [-0.2, -0.15) is 0 Å². The molecule has 0 radical (unpaired) electrons. The molecule has 28 heavy (non-hydrogen) atoms. The first-order chi connectivity index (χ1) is 13.7. The van der Waals surface area contributed by atoms with Gasteiger partial charge in [-0.3, -0.25) is 4.79 Å². The van der Waals surface area contributed by atoms with Gasteiger partial charge in [-0.25, -0.2) is 9.97 Å². The zero-order chi connectivity index (χ0) is 19.5. The van der Waals surface area contributed by atoms with Crippen LogP contribution in [0, 0.1) is 0 Å². The number of aromatic nitrogens is 3. The first-order valence-electron chi connectivity index (χ1n) is 9.04. The average molecular weight is 455 g/mol. The number of carbonyl (C=O) groups excluding carboxylic acids is 1. The molecule has 5 nitrogen and oxygen atoms in total. The highest BCUT2D eigenvalue weighted by Gasteiger charge is 2.18. The Morgan fingerprint density at radius 1 is 1.21 bits per heavy atom. The fraction of sp³-hybridized carbons (Fsp3) is 0.190. The van der Waals surface area contributed by atoms with Crippen LogP contribution in [0.5, 0.6) is 0 Å². The van der Waals surface area contributed by atoms with Gasteiger partial charge >= 0.3 is 0 Å². The van der Waals surface area contributed by atoms with E-state index in [0.29, 0.717) is 5.82 Å². The van der Waals surface area contributed by atoms with Crippen LogP contribution in [-0.2, 0) is 11.3 Å². The highest BCUT2D eigenvalue weighted by atomic mass is 79.9. The van der Waals surface area contributed by atoms with E-state index in [2.05, 4.69) is 33.2 Å². The van der Waals surface area contributed by atoms with Crippen molar-refractivity contribution < 1.29 is 4.79 Å². The summed E-state index contributed by atoms with van der Waals surface area (Å²) in [5, 5.41) is 5.11. The maximum atomic E-state index is 12.9. The summed E-state index contributed by atoms with van der Waals surface area (Å²) in [6, 6.07) is 15.9. The number of thiazole rings is 1. The number of nitrogens with one attached hydrogen (secondary N) is 1. The van der Waals surface area contributed by atoms with Gasteiger partial charge in [0, 0.05) is 9.85 Å². The van der Waals surface area contributed by atoms with Crippen molar-refractivity contribution in [3.05, 3.63) is 69.5 Å². The van der Waals surface area contributed by atoms with Crippen LogP contribution >= 0.6 is 27.3 Å². The fourth-order valence-electron chi connectivity index (χ4n) is 3.25. The molecule has 2 heterocycles. The van der Waals surface area contributed by atoms with E-state index in [4.69, 9.17) is 4.98 Å². The first kappa shape index (κ1) is 18.8. The van der Waals surface area contributed by atoms with Gasteiger partial charge in [-0.05, 0) is 36.2 Å². The van der Waals surface area contributed by atoms with E-state index in [-0.39, 0.29) is 18.5 Å². The van der Waals surface area contributed by atoms with Crippen LogP contribution < -0.4 is 5.32 Å². The quantitative estimate of drug-likeness (QED) is 0.435. The Balaban J connectivity index is 1.61. The molecule has 2 aromatic heterocycles. The van der Waals surface area contributed by atoms with Crippen LogP contribution in [0.2, 0.25) is 0 Å². The smallest absolute Gasteiger partial charge is 0.240 e. The Morgan fingerprint density at radius 3 is 2.71 bits per heavy atom. The maximum absolute atomic E-state index is 12.9. The van der Waals surface area contributed by atoms with Gasteiger partial charge in [-0.15, -0.1) is 11.3 Å². The third-order valence-corrected chi connectivity index (χ3v) is 5.75. The van der Waals surface area contributed by atoms with Crippen LogP contribution in [0.1, 0.15) is 24.9 Å². The molecule has 7 heteroatoms. The number of imidazole rings is 1. The molecule has 0 aliphatic rings. The second-order valence-corrected chi connectivity index (χ2v) is 8.10. The summed E-state index contributed by atoms with van der Waals surface area (Å²) in [6.07, 6.45) is 0.816. The number of hydrogen-bond donors (Lipinski definition) is 1. The van der Waals surface area contributed by atoms with Crippen LogP contribution in [0.4, 0.5) is 0 Å². The molecule has 4 aromatic rings. The predicted octanol–water partition coefficient (Wildman–Crippen LogP) is 5.19. The van der Waals surface area contributed by atoms with E-state index >= 15 is 0 Å². The number of halogens is 1. The minimum Gasteiger partial charge on any atom is -0.348 e.